The quantitative estimate of drug-likeness (QED) is 0.386. The van der Waals surface area contributed by atoms with E-state index in [1.165, 1.54) is 38.3 Å². The fourth-order valence-corrected chi connectivity index (χ4v) is 1.57. The van der Waals surface area contributed by atoms with Gasteiger partial charge in [0, 0.05) is 31.5 Å². The summed E-state index contributed by atoms with van der Waals surface area (Å²) in [5, 5.41) is 24.8. The van der Waals surface area contributed by atoms with Crippen molar-refractivity contribution in [2.24, 2.45) is 0 Å². The van der Waals surface area contributed by atoms with E-state index in [0.29, 0.717) is 0 Å². The average Bonchev–Trinajstić information content (AvgIpc) is 2.45. The van der Waals surface area contributed by atoms with Gasteiger partial charge in [0.2, 0.25) is 0 Å². The second kappa shape index (κ2) is 7.48. The Morgan fingerprint density at radius 3 is 2.41 bits per heavy atom. The van der Waals surface area contributed by atoms with Crippen LogP contribution in [0.4, 0.5) is 11.4 Å². The highest BCUT2D eigenvalue weighted by Crippen LogP contribution is 2.15. The molecule has 1 rings (SSSR count). The number of methoxy groups -OCH3 is 1. The maximum atomic E-state index is 11.6. The molecule has 0 spiro atoms. The molecule has 0 aromatic heterocycles. The molecule has 0 fully saturated rings. The van der Waals surface area contributed by atoms with Crippen molar-refractivity contribution in [1.82, 2.24) is 5.32 Å². The molecule has 1 unspecified atom stereocenters. The van der Waals surface area contributed by atoms with Crippen LogP contribution in [0.3, 0.4) is 0 Å². The van der Waals surface area contributed by atoms with Crippen molar-refractivity contribution < 1.29 is 24.4 Å². The number of hydrogen-bond acceptors (Lipinski definition) is 6. The van der Waals surface area contributed by atoms with Gasteiger partial charge in [0.1, 0.15) is 5.60 Å². The Bertz CT molecular complexity index is 555. The van der Waals surface area contributed by atoms with Gasteiger partial charge in [-0.05, 0) is 19.1 Å². The molecule has 0 aliphatic heterocycles. The van der Waals surface area contributed by atoms with Crippen LogP contribution < -0.4 is 10.6 Å². The van der Waals surface area contributed by atoms with Gasteiger partial charge >= 0.3 is 11.8 Å². The standard InChI is InChI=1S/C13H17N3O6/c1-13(19,8-22-2)7-14-11(17)12(18)15-9-3-5-10(6-4-9)16(20)21/h3-6,19H,7-8H2,1-2H3,(H,14,17)(H,15,18). The summed E-state index contributed by atoms with van der Waals surface area (Å²) in [5.41, 5.74) is -1.18. The minimum Gasteiger partial charge on any atom is -0.386 e. The number of hydrogen-bond donors (Lipinski definition) is 3. The molecule has 0 heterocycles. The number of nitrogens with one attached hydrogen (secondary N) is 2. The molecule has 9 heteroatoms. The number of carbonyl (C=O) groups is 2. The molecule has 1 aromatic carbocycles. The van der Waals surface area contributed by atoms with Crippen LogP contribution in [0.25, 0.3) is 0 Å². The Kier molecular flexibility index (Phi) is 5.96. The monoisotopic (exact) mass is 311 g/mol. The van der Waals surface area contributed by atoms with Crippen LogP contribution in [0.1, 0.15) is 6.92 Å². The molecule has 0 bridgehead atoms. The topological polar surface area (TPSA) is 131 Å². The highest BCUT2D eigenvalue weighted by molar-refractivity contribution is 6.39. The summed E-state index contributed by atoms with van der Waals surface area (Å²) in [4.78, 5) is 33.1. The smallest absolute Gasteiger partial charge is 0.313 e. The third-order valence-electron chi connectivity index (χ3n) is 2.63. The number of non-ortho nitro benzene ring substituents is 1. The molecule has 120 valence electrons. The van der Waals surface area contributed by atoms with E-state index in [9.17, 15) is 24.8 Å². The van der Waals surface area contributed by atoms with Gasteiger partial charge in [0.25, 0.3) is 5.69 Å². The van der Waals surface area contributed by atoms with Gasteiger partial charge in [0.05, 0.1) is 11.5 Å². The highest BCUT2D eigenvalue weighted by Gasteiger charge is 2.23. The molecule has 2 amide bonds. The van der Waals surface area contributed by atoms with Crippen LogP contribution >= 0.6 is 0 Å². The lowest BCUT2D eigenvalue weighted by atomic mass is 10.1. The zero-order valence-corrected chi connectivity index (χ0v) is 12.2. The number of aliphatic hydroxyl groups is 1. The minimum absolute atomic E-state index is 0.00273. The van der Waals surface area contributed by atoms with Gasteiger partial charge in [-0.2, -0.15) is 0 Å². The molecule has 1 atom stereocenters. The van der Waals surface area contributed by atoms with Crippen LogP contribution in [-0.2, 0) is 14.3 Å². The maximum Gasteiger partial charge on any atom is 0.313 e. The number of nitro groups is 1. The van der Waals surface area contributed by atoms with Gasteiger partial charge < -0.3 is 20.5 Å². The van der Waals surface area contributed by atoms with Crippen LogP contribution in [-0.4, -0.2) is 47.7 Å². The summed E-state index contributed by atoms with van der Waals surface area (Å²) >= 11 is 0. The van der Waals surface area contributed by atoms with E-state index in [1.807, 2.05) is 0 Å². The van der Waals surface area contributed by atoms with Crippen molar-refractivity contribution in [2.45, 2.75) is 12.5 Å². The first-order valence-corrected chi connectivity index (χ1v) is 6.30. The SMILES string of the molecule is COCC(C)(O)CNC(=O)C(=O)Nc1ccc([N+](=O)[O-])cc1. The molecule has 0 saturated heterocycles. The third kappa shape index (κ3) is 5.46. The van der Waals surface area contributed by atoms with Gasteiger partial charge in [0.15, 0.2) is 0 Å². The molecule has 0 radical (unpaired) electrons. The minimum atomic E-state index is -1.29. The lowest BCUT2D eigenvalue weighted by Crippen LogP contribution is -2.46. The molecule has 0 aliphatic carbocycles. The predicted molar refractivity (Wildman–Crippen MR) is 77.2 cm³/mol. The molecular formula is C13H17N3O6. The Morgan fingerprint density at radius 1 is 1.32 bits per heavy atom. The number of anilines is 1. The molecule has 1 aromatic rings. The Hall–Kier alpha value is -2.52. The van der Waals surface area contributed by atoms with Crippen molar-refractivity contribution >= 4 is 23.2 Å². The van der Waals surface area contributed by atoms with E-state index >= 15 is 0 Å². The number of nitrogens with zero attached hydrogens (tertiary/aromatic N) is 1. The number of amides is 2. The van der Waals surface area contributed by atoms with E-state index in [1.54, 1.807) is 0 Å². The van der Waals surface area contributed by atoms with Crippen molar-refractivity contribution in [3.05, 3.63) is 34.4 Å². The lowest BCUT2D eigenvalue weighted by molar-refractivity contribution is -0.384. The first-order valence-electron chi connectivity index (χ1n) is 6.30. The van der Waals surface area contributed by atoms with E-state index in [0.717, 1.165) is 0 Å². The van der Waals surface area contributed by atoms with Gasteiger partial charge in [-0.3, -0.25) is 19.7 Å². The van der Waals surface area contributed by atoms with Crippen molar-refractivity contribution in [3.63, 3.8) is 0 Å². The number of benzene rings is 1. The Labute approximate surface area is 126 Å². The lowest BCUT2D eigenvalue weighted by Gasteiger charge is -2.22. The van der Waals surface area contributed by atoms with E-state index < -0.39 is 22.3 Å². The number of nitro benzene ring substituents is 1. The molecule has 3 N–H and O–H groups in total. The zero-order chi connectivity index (χ0) is 16.8. The Morgan fingerprint density at radius 2 is 1.91 bits per heavy atom. The summed E-state index contributed by atoms with van der Waals surface area (Å²) in [5.74, 6) is -1.88. The third-order valence-corrected chi connectivity index (χ3v) is 2.63. The van der Waals surface area contributed by atoms with Gasteiger partial charge in [-0.25, -0.2) is 0 Å². The second-order valence-corrected chi connectivity index (χ2v) is 4.87. The fraction of sp³-hybridized carbons (Fsp3) is 0.385. The summed E-state index contributed by atoms with van der Waals surface area (Å²) in [6.07, 6.45) is 0. The van der Waals surface area contributed by atoms with Gasteiger partial charge in [-0.1, -0.05) is 0 Å². The van der Waals surface area contributed by atoms with Crippen LogP contribution in [0.5, 0.6) is 0 Å². The molecule has 9 nitrogen and oxygen atoms in total. The van der Waals surface area contributed by atoms with Crippen LogP contribution in [0.15, 0.2) is 24.3 Å². The van der Waals surface area contributed by atoms with Crippen molar-refractivity contribution in [3.8, 4) is 0 Å². The first kappa shape index (κ1) is 17.5. The molecular weight excluding hydrogens is 294 g/mol. The number of rotatable bonds is 6. The predicted octanol–water partition coefficient (Wildman–Crippen LogP) is 0.0469. The highest BCUT2D eigenvalue weighted by atomic mass is 16.6. The van der Waals surface area contributed by atoms with E-state index in [4.69, 9.17) is 4.74 Å². The molecule has 22 heavy (non-hydrogen) atoms. The fourth-order valence-electron chi connectivity index (χ4n) is 1.57. The zero-order valence-electron chi connectivity index (χ0n) is 12.2. The largest absolute Gasteiger partial charge is 0.386 e. The summed E-state index contributed by atoms with van der Waals surface area (Å²) in [6.45, 7) is 1.29. The summed E-state index contributed by atoms with van der Waals surface area (Å²) in [7, 11) is 1.40. The van der Waals surface area contributed by atoms with Crippen LogP contribution in [0.2, 0.25) is 0 Å². The van der Waals surface area contributed by atoms with E-state index in [2.05, 4.69) is 10.6 Å². The Balaban J connectivity index is 2.54. The molecule has 0 saturated carbocycles. The van der Waals surface area contributed by atoms with E-state index in [-0.39, 0.29) is 24.5 Å². The molecule has 0 aliphatic rings. The number of carbonyl (C=O) groups excluding carboxylic acids is 2. The van der Waals surface area contributed by atoms with Crippen molar-refractivity contribution in [1.29, 1.82) is 0 Å². The average molecular weight is 311 g/mol. The van der Waals surface area contributed by atoms with Crippen molar-refractivity contribution in [2.75, 3.05) is 25.6 Å². The summed E-state index contributed by atoms with van der Waals surface area (Å²) < 4.78 is 4.77. The first-order chi connectivity index (χ1) is 10.2. The maximum absolute atomic E-state index is 11.6. The summed E-state index contributed by atoms with van der Waals surface area (Å²) in [6, 6.07) is 5.03. The second-order valence-electron chi connectivity index (χ2n) is 4.87. The van der Waals surface area contributed by atoms with Gasteiger partial charge in [-0.15, -0.1) is 0 Å². The van der Waals surface area contributed by atoms with Crippen LogP contribution in [0, 0.1) is 10.1 Å². The normalized spacial score (nSPS) is 13.0. The number of ether oxygens (including phenoxy) is 1.